The van der Waals surface area contributed by atoms with Gasteiger partial charge in [-0.1, -0.05) is 12.1 Å². The number of carbonyl (C=O) groups excluding carboxylic acids is 2. The zero-order valence-corrected chi connectivity index (χ0v) is 22.9. The van der Waals surface area contributed by atoms with Crippen LogP contribution in [0.4, 0.5) is 20.5 Å². The number of aromatic nitrogens is 1. The molecule has 1 saturated carbocycles. The van der Waals surface area contributed by atoms with Gasteiger partial charge in [-0.15, -0.1) is 0 Å². The van der Waals surface area contributed by atoms with Crippen molar-refractivity contribution >= 4 is 34.6 Å². The van der Waals surface area contributed by atoms with E-state index in [1.54, 1.807) is 25.1 Å². The highest BCUT2D eigenvalue weighted by atomic mass is 19.1. The number of oxazole rings is 1. The van der Waals surface area contributed by atoms with Crippen LogP contribution in [-0.2, 0) is 25.5 Å². The molecule has 1 aliphatic carbocycles. The van der Waals surface area contributed by atoms with Crippen molar-refractivity contribution in [2.24, 2.45) is 5.92 Å². The van der Waals surface area contributed by atoms with Gasteiger partial charge in [-0.05, 0) is 74.8 Å². The first-order valence-corrected chi connectivity index (χ1v) is 13.9. The van der Waals surface area contributed by atoms with Gasteiger partial charge < -0.3 is 19.2 Å². The average molecular weight is 556 g/mol. The lowest BCUT2D eigenvalue weighted by Gasteiger charge is -2.34. The van der Waals surface area contributed by atoms with Crippen molar-refractivity contribution in [3.63, 3.8) is 0 Å². The minimum Gasteiger partial charge on any atom is -0.469 e. The van der Waals surface area contributed by atoms with Gasteiger partial charge in [0.25, 0.3) is 6.01 Å². The molecule has 0 amide bonds. The molecule has 2 aliphatic rings. The van der Waals surface area contributed by atoms with Crippen LogP contribution in [0.15, 0.2) is 34.7 Å². The Morgan fingerprint density at radius 3 is 2.60 bits per heavy atom. The minimum atomic E-state index is -0.637. The third-order valence-corrected chi connectivity index (χ3v) is 7.91. The van der Waals surface area contributed by atoms with Gasteiger partial charge in [-0.2, -0.15) is 4.98 Å². The monoisotopic (exact) mass is 555 g/mol. The summed E-state index contributed by atoms with van der Waals surface area (Å²) in [6.07, 6.45) is 4.61. The van der Waals surface area contributed by atoms with E-state index in [-0.39, 0.29) is 60.0 Å². The Kier molecular flexibility index (Phi) is 8.75. The maximum Gasteiger partial charge on any atom is 0.308 e. The number of carbonyl (C=O) groups is 2. The molecule has 2 fully saturated rings. The van der Waals surface area contributed by atoms with Crippen molar-refractivity contribution in [2.45, 2.75) is 70.6 Å². The number of anilines is 2. The summed E-state index contributed by atoms with van der Waals surface area (Å²) in [5.41, 5.74) is 1.71. The molecule has 1 unspecified atom stereocenters. The standard InChI is InChI=1S/C30H35F2N3O5/c1-18-5-9-21(31)16-25(18)34-30-33-24-12-8-20(27(32)28(24)40-30)15-22(36)17-26(35-13-3-4-14-35)39-23-10-6-19(7-11-23)29(37)38-2/h5,8-9,12,16,19,23,26H,3-4,6-7,10-11,13-15,17H2,1-2H3,(H,33,34). The SMILES string of the molecule is COC(=O)C1CCC(OC(CC(=O)Cc2ccc3nc(Nc4cc(F)ccc4C)oc3c2F)N2CCCC2)CC1. The Morgan fingerprint density at radius 1 is 1.12 bits per heavy atom. The molecular formula is C30H35F2N3O5. The molecule has 10 heteroatoms. The quantitative estimate of drug-likeness (QED) is 0.313. The maximum absolute atomic E-state index is 15.4. The average Bonchev–Trinajstić information content (AvgIpc) is 3.63. The number of rotatable bonds is 10. The van der Waals surface area contributed by atoms with Crippen LogP contribution in [0.2, 0.25) is 0 Å². The van der Waals surface area contributed by atoms with Gasteiger partial charge in [0.15, 0.2) is 11.4 Å². The topological polar surface area (TPSA) is 93.9 Å². The number of methoxy groups -OCH3 is 1. The molecule has 2 heterocycles. The summed E-state index contributed by atoms with van der Waals surface area (Å²) in [6.45, 7) is 3.52. The molecule has 0 radical (unpaired) electrons. The second kappa shape index (κ2) is 12.4. The number of halogens is 2. The van der Waals surface area contributed by atoms with Gasteiger partial charge in [-0.25, -0.2) is 8.78 Å². The summed E-state index contributed by atoms with van der Waals surface area (Å²) in [4.78, 5) is 31.5. The van der Waals surface area contributed by atoms with Crippen LogP contribution in [0.5, 0.6) is 0 Å². The van der Waals surface area contributed by atoms with Gasteiger partial charge in [0.05, 0.1) is 19.1 Å². The summed E-state index contributed by atoms with van der Waals surface area (Å²) in [5, 5.41) is 2.90. The molecule has 40 heavy (non-hydrogen) atoms. The van der Waals surface area contributed by atoms with Crippen molar-refractivity contribution in [1.82, 2.24) is 9.88 Å². The molecule has 1 aromatic heterocycles. The van der Waals surface area contributed by atoms with E-state index < -0.39 is 11.6 Å². The van der Waals surface area contributed by atoms with Crippen LogP contribution in [0, 0.1) is 24.5 Å². The van der Waals surface area contributed by atoms with Crippen molar-refractivity contribution in [1.29, 1.82) is 0 Å². The molecule has 2 aromatic carbocycles. The lowest BCUT2D eigenvalue weighted by atomic mass is 9.87. The number of hydrogen-bond donors (Lipinski definition) is 1. The highest BCUT2D eigenvalue weighted by molar-refractivity contribution is 5.84. The van der Waals surface area contributed by atoms with Crippen molar-refractivity contribution in [2.75, 3.05) is 25.5 Å². The van der Waals surface area contributed by atoms with Crippen LogP contribution in [0.25, 0.3) is 11.1 Å². The largest absolute Gasteiger partial charge is 0.469 e. The minimum absolute atomic E-state index is 0.0331. The normalized spacial score (nSPS) is 20.5. The first kappa shape index (κ1) is 28.2. The summed E-state index contributed by atoms with van der Waals surface area (Å²) < 4.78 is 46.0. The maximum atomic E-state index is 15.4. The van der Waals surface area contributed by atoms with Crippen LogP contribution in [0.3, 0.4) is 0 Å². The lowest BCUT2D eigenvalue weighted by Crippen LogP contribution is -2.41. The Hall–Kier alpha value is -3.37. The molecule has 1 atom stereocenters. The van der Waals surface area contributed by atoms with Crippen molar-refractivity contribution < 1.29 is 32.3 Å². The number of ether oxygens (including phenoxy) is 2. The van der Waals surface area contributed by atoms with E-state index in [0.717, 1.165) is 44.3 Å². The highest BCUT2D eigenvalue weighted by Crippen LogP contribution is 2.31. The van der Waals surface area contributed by atoms with Crippen LogP contribution in [-0.4, -0.2) is 54.2 Å². The molecule has 1 aliphatic heterocycles. The first-order chi connectivity index (χ1) is 19.3. The van der Waals surface area contributed by atoms with Crippen LogP contribution < -0.4 is 5.32 Å². The number of esters is 1. The van der Waals surface area contributed by atoms with Gasteiger partial charge in [0, 0.05) is 31.6 Å². The summed E-state index contributed by atoms with van der Waals surface area (Å²) >= 11 is 0. The molecule has 5 rings (SSSR count). The highest BCUT2D eigenvalue weighted by Gasteiger charge is 2.32. The van der Waals surface area contributed by atoms with Crippen molar-refractivity contribution in [3.05, 3.63) is 53.1 Å². The van der Waals surface area contributed by atoms with E-state index >= 15 is 4.39 Å². The predicted octanol–water partition coefficient (Wildman–Crippen LogP) is 5.83. The molecule has 0 bridgehead atoms. The number of likely N-dealkylation sites (tertiary alicyclic amines) is 1. The zero-order valence-electron chi connectivity index (χ0n) is 22.9. The summed E-state index contributed by atoms with van der Waals surface area (Å²) in [5.74, 6) is -1.46. The van der Waals surface area contributed by atoms with Crippen LogP contribution in [0.1, 0.15) is 56.1 Å². The van der Waals surface area contributed by atoms with E-state index in [1.165, 1.54) is 19.2 Å². The van der Waals surface area contributed by atoms with Crippen molar-refractivity contribution in [3.8, 4) is 0 Å². The fourth-order valence-electron chi connectivity index (χ4n) is 5.63. The number of nitrogens with one attached hydrogen (secondary N) is 1. The molecule has 3 aromatic rings. The van der Waals surface area contributed by atoms with Gasteiger partial charge in [-0.3, -0.25) is 14.5 Å². The van der Waals surface area contributed by atoms with Crippen LogP contribution >= 0.6 is 0 Å². The van der Waals surface area contributed by atoms with Gasteiger partial charge in [0.2, 0.25) is 0 Å². The molecular weight excluding hydrogens is 520 g/mol. The summed E-state index contributed by atoms with van der Waals surface area (Å²) in [6, 6.07) is 7.49. The number of ketones is 1. The Bertz CT molecular complexity index is 1360. The molecule has 1 N–H and O–H groups in total. The fraction of sp³-hybridized carbons (Fsp3) is 0.500. The molecule has 0 spiro atoms. The van der Waals surface area contributed by atoms with E-state index in [2.05, 4.69) is 15.2 Å². The molecule has 214 valence electrons. The number of fused-ring (bicyclic) bond motifs is 1. The smallest absolute Gasteiger partial charge is 0.308 e. The number of Topliss-reactive ketones (excluding diaryl/α,β-unsaturated/α-hetero) is 1. The Balaban J connectivity index is 1.24. The number of nitrogens with zero attached hydrogens (tertiary/aromatic N) is 2. The first-order valence-electron chi connectivity index (χ1n) is 13.9. The number of aryl methyl sites for hydroxylation is 1. The van der Waals surface area contributed by atoms with E-state index in [4.69, 9.17) is 13.9 Å². The van der Waals surface area contributed by atoms with Gasteiger partial charge >= 0.3 is 5.97 Å². The van der Waals surface area contributed by atoms with E-state index in [0.29, 0.717) is 24.0 Å². The third kappa shape index (κ3) is 6.50. The second-order valence-corrected chi connectivity index (χ2v) is 10.7. The summed E-state index contributed by atoms with van der Waals surface area (Å²) in [7, 11) is 1.41. The number of benzene rings is 2. The Morgan fingerprint density at radius 2 is 1.88 bits per heavy atom. The zero-order chi connectivity index (χ0) is 28.2. The second-order valence-electron chi connectivity index (χ2n) is 10.7. The predicted molar refractivity (Wildman–Crippen MR) is 145 cm³/mol. The van der Waals surface area contributed by atoms with Gasteiger partial charge in [0.1, 0.15) is 23.3 Å². The fourth-order valence-corrected chi connectivity index (χ4v) is 5.63. The molecule has 8 nitrogen and oxygen atoms in total. The van der Waals surface area contributed by atoms with E-state index in [9.17, 15) is 14.0 Å². The lowest BCUT2D eigenvalue weighted by molar-refractivity contribution is -0.150. The number of hydrogen-bond acceptors (Lipinski definition) is 8. The van der Waals surface area contributed by atoms with E-state index in [1.807, 2.05) is 0 Å². The Labute approximate surface area is 232 Å². The molecule has 1 saturated heterocycles. The third-order valence-electron chi connectivity index (χ3n) is 7.91.